The average molecular weight is 209 g/mol. The van der Waals surface area contributed by atoms with Gasteiger partial charge in [-0.1, -0.05) is 13.8 Å². The van der Waals surface area contributed by atoms with Crippen molar-refractivity contribution < 1.29 is 0 Å². The molecule has 4 N–H and O–H groups in total. The van der Waals surface area contributed by atoms with E-state index in [9.17, 15) is 0 Å². The molecule has 0 saturated heterocycles. The lowest BCUT2D eigenvalue weighted by atomic mass is 9.94. The molecule has 0 fully saturated rings. The molecule has 1 rings (SSSR count). The Hall–Kier alpha value is -1.36. The van der Waals surface area contributed by atoms with Crippen molar-refractivity contribution in [2.75, 3.05) is 30.8 Å². The van der Waals surface area contributed by atoms with Crippen LogP contribution in [-0.4, -0.2) is 30.1 Å². The van der Waals surface area contributed by atoms with Gasteiger partial charge in [-0.25, -0.2) is 9.97 Å². The lowest BCUT2D eigenvalue weighted by Crippen LogP contribution is -2.31. The standard InChI is InChI=1S/C10H19N5/c1-10(2,5-11)6-13-9-4-8(12-3)14-7-15-9/h4,7H,5-6,11H2,1-3H3,(H2,12,13,14,15). The summed E-state index contributed by atoms with van der Waals surface area (Å²) in [6, 6.07) is 1.87. The maximum atomic E-state index is 5.64. The van der Waals surface area contributed by atoms with Crippen LogP contribution in [0.1, 0.15) is 13.8 Å². The summed E-state index contributed by atoms with van der Waals surface area (Å²) in [6.07, 6.45) is 1.53. The fourth-order valence-corrected chi connectivity index (χ4v) is 0.993. The van der Waals surface area contributed by atoms with Gasteiger partial charge in [-0.15, -0.1) is 0 Å². The van der Waals surface area contributed by atoms with Crippen LogP contribution >= 0.6 is 0 Å². The summed E-state index contributed by atoms with van der Waals surface area (Å²) >= 11 is 0. The smallest absolute Gasteiger partial charge is 0.131 e. The number of nitrogens with zero attached hydrogens (tertiary/aromatic N) is 2. The fourth-order valence-electron chi connectivity index (χ4n) is 0.993. The van der Waals surface area contributed by atoms with Crippen LogP contribution in [0, 0.1) is 5.41 Å². The van der Waals surface area contributed by atoms with Crippen LogP contribution in [0.25, 0.3) is 0 Å². The normalized spacial score (nSPS) is 11.2. The molecule has 15 heavy (non-hydrogen) atoms. The Bertz CT molecular complexity index is 310. The monoisotopic (exact) mass is 209 g/mol. The van der Waals surface area contributed by atoms with E-state index in [4.69, 9.17) is 5.73 Å². The van der Waals surface area contributed by atoms with E-state index in [-0.39, 0.29) is 5.41 Å². The van der Waals surface area contributed by atoms with E-state index < -0.39 is 0 Å². The van der Waals surface area contributed by atoms with Crippen molar-refractivity contribution in [3.63, 3.8) is 0 Å². The SMILES string of the molecule is CNc1cc(NCC(C)(C)CN)ncn1. The van der Waals surface area contributed by atoms with Crippen LogP contribution in [0.4, 0.5) is 11.6 Å². The summed E-state index contributed by atoms with van der Waals surface area (Å²) < 4.78 is 0. The number of nitrogens with one attached hydrogen (secondary N) is 2. The largest absolute Gasteiger partial charge is 0.373 e. The highest BCUT2D eigenvalue weighted by Crippen LogP contribution is 2.14. The summed E-state index contributed by atoms with van der Waals surface area (Å²) in [5.41, 5.74) is 5.72. The molecular formula is C10H19N5. The molecule has 1 aromatic heterocycles. The van der Waals surface area contributed by atoms with E-state index in [1.54, 1.807) is 0 Å². The third-order valence-electron chi connectivity index (χ3n) is 2.22. The van der Waals surface area contributed by atoms with Crippen LogP contribution in [0.5, 0.6) is 0 Å². The third kappa shape index (κ3) is 3.71. The molecule has 0 spiro atoms. The second-order valence-electron chi connectivity index (χ2n) is 4.26. The molecule has 1 aromatic rings. The van der Waals surface area contributed by atoms with Gasteiger partial charge in [0.2, 0.25) is 0 Å². The van der Waals surface area contributed by atoms with E-state index in [1.807, 2.05) is 13.1 Å². The zero-order chi connectivity index (χ0) is 11.3. The quantitative estimate of drug-likeness (QED) is 0.672. The van der Waals surface area contributed by atoms with E-state index in [2.05, 4.69) is 34.4 Å². The number of aromatic nitrogens is 2. The molecule has 0 aliphatic rings. The van der Waals surface area contributed by atoms with Crippen molar-refractivity contribution in [1.82, 2.24) is 9.97 Å². The summed E-state index contributed by atoms with van der Waals surface area (Å²) in [4.78, 5) is 8.16. The molecule has 0 atom stereocenters. The molecule has 0 unspecified atom stereocenters. The van der Waals surface area contributed by atoms with Crippen LogP contribution in [0.15, 0.2) is 12.4 Å². The Morgan fingerprint density at radius 2 is 2.00 bits per heavy atom. The molecular weight excluding hydrogens is 190 g/mol. The van der Waals surface area contributed by atoms with Gasteiger partial charge >= 0.3 is 0 Å². The molecule has 5 nitrogen and oxygen atoms in total. The predicted octanol–water partition coefficient (Wildman–Crippen LogP) is 0.915. The zero-order valence-electron chi connectivity index (χ0n) is 9.54. The first-order chi connectivity index (χ1) is 7.07. The Kier molecular flexibility index (Phi) is 3.85. The second kappa shape index (κ2) is 4.93. The molecule has 0 aliphatic carbocycles. The molecule has 5 heteroatoms. The predicted molar refractivity (Wildman–Crippen MR) is 62.9 cm³/mol. The highest BCUT2D eigenvalue weighted by molar-refractivity contribution is 5.45. The number of hydrogen-bond donors (Lipinski definition) is 3. The summed E-state index contributed by atoms with van der Waals surface area (Å²) in [6.45, 7) is 5.66. The Balaban J connectivity index is 2.57. The van der Waals surface area contributed by atoms with Gasteiger partial charge in [-0.05, 0) is 12.0 Å². The van der Waals surface area contributed by atoms with Crippen molar-refractivity contribution in [3.8, 4) is 0 Å². The number of rotatable bonds is 5. The summed E-state index contributed by atoms with van der Waals surface area (Å²) in [7, 11) is 1.83. The van der Waals surface area contributed by atoms with Crippen molar-refractivity contribution >= 4 is 11.6 Å². The van der Waals surface area contributed by atoms with Crippen LogP contribution in [-0.2, 0) is 0 Å². The minimum absolute atomic E-state index is 0.0742. The molecule has 0 radical (unpaired) electrons. The number of anilines is 2. The molecule has 0 aliphatic heterocycles. The van der Waals surface area contributed by atoms with Crippen molar-refractivity contribution in [2.24, 2.45) is 11.1 Å². The molecule has 0 bridgehead atoms. The first-order valence-electron chi connectivity index (χ1n) is 5.01. The van der Waals surface area contributed by atoms with E-state index >= 15 is 0 Å². The molecule has 0 aromatic carbocycles. The van der Waals surface area contributed by atoms with Gasteiger partial charge in [0.1, 0.15) is 18.0 Å². The topological polar surface area (TPSA) is 75.9 Å². The number of nitrogens with two attached hydrogens (primary N) is 1. The average Bonchev–Trinajstić information content (AvgIpc) is 2.27. The lowest BCUT2D eigenvalue weighted by molar-refractivity contribution is 0.405. The minimum atomic E-state index is 0.0742. The van der Waals surface area contributed by atoms with Crippen LogP contribution < -0.4 is 16.4 Å². The number of hydrogen-bond acceptors (Lipinski definition) is 5. The van der Waals surface area contributed by atoms with Crippen molar-refractivity contribution in [2.45, 2.75) is 13.8 Å². The maximum Gasteiger partial charge on any atom is 0.131 e. The van der Waals surface area contributed by atoms with Gasteiger partial charge in [-0.3, -0.25) is 0 Å². The summed E-state index contributed by atoms with van der Waals surface area (Å²) in [5, 5.41) is 6.20. The first-order valence-corrected chi connectivity index (χ1v) is 5.01. The Morgan fingerprint density at radius 3 is 2.60 bits per heavy atom. The highest BCUT2D eigenvalue weighted by atomic mass is 15.1. The lowest BCUT2D eigenvalue weighted by Gasteiger charge is -2.22. The third-order valence-corrected chi connectivity index (χ3v) is 2.22. The van der Waals surface area contributed by atoms with Crippen molar-refractivity contribution in [3.05, 3.63) is 12.4 Å². The van der Waals surface area contributed by atoms with Crippen LogP contribution in [0.3, 0.4) is 0 Å². The van der Waals surface area contributed by atoms with Gasteiger partial charge in [-0.2, -0.15) is 0 Å². The van der Waals surface area contributed by atoms with Crippen molar-refractivity contribution in [1.29, 1.82) is 0 Å². The first kappa shape index (κ1) is 11.7. The van der Waals surface area contributed by atoms with Gasteiger partial charge in [0, 0.05) is 19.7 Å². The van der Waals surface area contributed by atoms with Gasteiger partial charge in [0.05, 0.1) is 0 Å². The van der Waals surface area contributed by atoms with Gasteiger partial charge in [0.25, 0.3) is 0 Å². The molecule has 84 valence electrons. The Labute approximate surface area is 90.5 Å². The molecule has 1 heterocycles. The minimum Gasteiger partial charge on any atom is -0.373 e. The highest BCUT2D eigenvalue weighted by Gasteiger charge is 2.15. The van der Waals surface area contributed by atoms with Gasteiger partial charge < -0.3 is 16.4 Å². The molecule has 0 saturated carbocycles. The second-order valence-corrected chi connectivity index (χ2v) is 4.26. The molecule has 0 amide bonds. The van der Waals surface area contributed by atoms with Crippen LogP contribution in [0.2, 0.25) is 0 Å². The zero-order valence-corrected chi connectivity index (χ0v) is 9.54. The van der Waals surface area contributed by atoms with E-state index in [0.29, 0.717) is 6.54 Å². The summed E-state index contributed by atoms with van der Waals surface area (Å²) in [5.74, 6) is 1.62. The van der Waals surface area contributed by atoms with E-state index in [0.717, 1.165) is 18.2 Å². The van der Waals surface area contributed by atoms with E-state index in [1.165, 1.54) is 6.33 Å². The maximum absolute atomic E-state index is 5.64. The Morgan fingerprint density at radius 1 is 1.33 bits per heavy atom. The fraction of sp³-hybridized carbons (Fsp3) is 0.600. The van der Waals surface area contributed by atoms with Gasteiger partial charge in [0.15, 0.2) is 0 Å².